The lowest BCUT2D eigenvalue weighted by molar-refractivity contribution is 0.271. The molecule has 72 valence electrons. The lowest BCUT2D eigenvalue weighted by atomic mass is 10.3. The standard InChI is InChI=1S/2C4H9NO/c6-4-3-5-1-2-5;6-2-1-4-3-5-4/h6H,1-4H2;4-6H,1-3H2. The summed E-state index contributed by atoms with van der Waals surface area (Å²) in [5, 5.41) is 19.5. The third kappa shape index (κ3) is 5.49. The molecule has 0 aromatic carbocycles. The first kappa shape index (κ1) is 9.92. The third-order valence-corrected chi connectivity index (χ3v) is 1.93. The highest BCUT2D eigenvalue weighted by molar-refractivity contribution is 4.81. The van der Waals surface area contributed by atoms with E-state index in [1.807, 2.05) is 0 Å². The van der Waals surface area contributed by atoms with Crippen LogP contribution in [0.3, 0.4) is 0 Å². The number of nitrogens with one attached hydrogen (secondary N) is 1. The van der Waals surface area contributed by atoms with Gasteiger partial charge in [0, 0.05) is 38.8 Å². The van der Waals surface area contributed by atoms with Crippen LogP contribution < -0.4 is 5.32 Å². The normalized spacial score (nSPS) is 26.0. The van der Waals surface area contributed by atoms with Gasteiger partial charge in [0.25, 0.3) is 0 Å². The van der Waals surface area contributed by atoms with E-state index in [2.05, 4.69) is 10.2 Å². The summed E-state index contributed by atoms with van der Waals surface area (Å²) in [6.45, 7) is 5.03. The van der Waals surface area contributed by atoms with Crippen molar-refractivity contribution >= 4 is 0 Å². The molecular formula is C8H18N2O2. The van der Waals surface area contributed by atoms with Crippen LogP contribution in [0.4, 0.5) is 0 Å². The van der Waals surface area contributed by atoms with Crippen LogP contribution >= 0.6 is 0 Å². The van der Waals surface area contributed by atoms with Gasteiger partial charge in [-0.2, -0.15) is 0 Å². The Bertz CT molecular complexity index is 99.6. The van der Waals surface area contributed by atoms with Crippen molar-refractivity contribution in [1.82, 2.24) is 10.2 Å². The number of rotatable bonds is 4. The monoisotopic (exact) mass is 174 g/mol. The van der Waals surface area contributed by atoms with Crippen molar-refractivity contribution in [2.24, 2.45) is 0 Å². The van der Waals surface area contributed by atoms with Gasteiger partial charge >= 0.3 is 0 Å². The van der Waals surface area contributed by atoms with Crippen molar-refractivity contribution in [3.63, 3.8) is 0 Å². The van der Waals surface area contributed by atoms with E-state index in [9.17, 15) is 0 Å². The van der Waals surface area contributed by atoms with E-state index in [4.69, 9.17) is 10.2 Å². The van der Waals surface area contributed by atoms with Crippen LogP contribution in [0, 0.1) is 0 Å². The zero-order valence-electron chi connectivity index (χ0n) is 7.37. The van der Waals surface area contributed by atoms with Gasteiger partial charge in [0.1, 0.15) is 0 Å². The van der Waals surface area contributed by atoms with Crippen molar-refractivity contribution < 1.29 is 10.2 Å². The molecule has 0 bridgehead atoms. The van der Waals surface area contributed by atoms with Crippen LogP contribution in [0.2, 0.25) is 0 Å². The molecule has 3 N–H and O–H groups in total. The highest BCUT2D eigenvalue weighted by atomic mass is 16.3. The van der Waals surface area contributed by atoms with Gasteiger partial charge in [0.05, 0.1) is 6.61 Å². The molecule has 4 nitrogen and oxygen atoms in total. The van der Waals surface area contributed by atoms with Gasteiger partial charge in [-0.1, -0.05) is 0 Å². The van der Waals surface area contributed by atoms with E-state index in [1.54, 1.807) is 0 Å². The second-order valence-corrected chi connectivity index (χ2v) is 3.18. The van der Waals surface area contributed by atoms with E-state index in [0.29, 0.717) is 19.3 Å². The summed E-state index contributed by atoms with van der Waals surface area (Å²) in [6.07, 6.45) is 0.931. The molecule has 2 heterocycles. The van der Waals surface area contributed by atoms with Crippen LogP contribution in [0.25, 0.3) is 0 Å². The molecule has 0 aromatic rings. The lowest BCUT2D eigenvalue weighted by Gasteiger charge is -1.88. The molecule has 0 amide bonds. The fraction of sp³-hybridized carbons (Fsp3) is 1.00. The number of hydrogen-bond donors (Lipinski definition) is 3. The Morgan fingerprint density at radius 3 is 2.08 bits per heavy atom. The van der Waals surface area contributed by atoms with E-state index in [0.717, 1.165) is 19.5 Å². The number of β-amino-alcohol motifs (C(OH)–C–C–N with tert-alkyl or cyclic N) is 1. The van der Waals surface area contributed by atoms with Crippen molar-refractivity contribution in [3.05, 3.63) is 0 Å². The molecule has 2 rings (SSSR count). The van der Waals surface area contributed by atoms with E-state index in [1.165, 1.54) is 13.1 Å². The van der Waals surface area contributed by atoms with Crippen LogP contribution in [-0.2, 0) is 0 Å². The highest BCUT2D eigenvalue weighted by Gasteiger charge is 2.17. The van der Waals surface area contributed by atoms with Crippen molar-refractivity contribution in [2.45, 2.75) is 12.5 Å². The molecule has 12 heavy (non-hydrogen) atoms. The van der Waals surface area contributed by atoms with Gasteiger partial charge in [-0.3, -0.25) is 4.90 Å². The molecule has 2 saturated heterocycles. The average molecular weight is 174 g/mol. The molecule has 2 aliphatic rings. The topological polar surface area (TPSA) is 65.4 Å². The maximum Gasteiger partial charge on any atom is 0.0558 e. The Labute approximate surface area is 73.2 Å². The van der Waals surface area contributed by atoms with Crippen molar-refractivity contribution in [3.8, 4) is 0 Å². The fourth-order valence-electron chi connectivity index (χ4n) is 0.879. The fourth-order valence-corrected chi connectivity index (χ4v) is 0.879. The summed E-state index contributed by atoms with van der Waals surface area (Å²) in [4.78, 5) is 2.18. The Kier molecular flexibility index (Phi) is 4.53. The first-order valence-electron chi connectivity index (χ1n) is 4.54. The minimum Gasteiger partial charge on any atom is -0.396 e. The van der Waals surface area contributed by atoms with Gasteiger partial charge in [0.2, 0.25) is 0 Å². The summed E-state index contributed by atoms with van der Waals surface area (Å²) >= 11 is 0. The van der Waals surface area contributed by atoms with E-state index >= 15 is 0 Å². The van der Waals surface area contributed by atoms with Crippen molar-refractivity contribution in [1.29, 1.82) is 0 Å². The maximum absolute atomic E-state index is 8.24. The Balaban J connectivity index is 0.000000120. The van der Waals surface area contributed by atoms with Crippen LogP contribution in [0.1, 0.15) is 6.42 Å². The number of nitrogens with zero attached hydrogens (tertiary/aromatic N) is 1. The van der Waals surface area contributed by atoms with Crippen molar-refractivity contribution in [2.75, 3.05) is 39.4 Å². The Morgan fingerprint density at radius 2 is 1.92 bits per heavy atom. The molecule has 2 fully saturated rings. The molecule has 0 spiro atoms. The first-order chi connectivity index (χ1) is 5.86. The SMILES string of the molecule is OCCC1CN1.OCCN1CC1. The molecule has 1 unspecified atom stereocenters. The van der Waals surface area contributed by atoms with Gasteiger partial charge in [-0.15, -0.1) is 0 Å². The molecule has 2 aliphatic heterocycles. The van der Waals surface area contributed by atoms with Crippen LogP contribution in [-0.4, -0.2) is 60.5 Å². The number of hydrogen-bond acceptors (Lipinski definition) is 4. The summed E-state index contributed by atoms with van der Waals surface area (Å²) in [5.74, 6) is 0. The Morgan fingerprint density at radius 1 is 1.25 bits per heavy atom. The minimum atomic E-state index is 0.319. The quantitative estimate of drug-likeness (QED) is 0.460. The summed E-state index contributed by atoms with van der Waals surface area (Å²) in [7, 11) is 0. The zero-order chi connectivity index (χ0) is 8.81. The largest absolute Gasteiger partial charge is 0.396 e. The highest BCUT2D eigenvalue weighted by Crippen LogP contribution is 1.99. The third-order valence-electron chi connectivity index (χ3n) is 1.93. The number of aliphatic hydroxyl groups is 2. The average Bonchev–Trinajstić information content (AvgIpc) is 2.81. The van der Waals surface area contributed by atoms with Crippen LogP contribution in [0.5, 0.6) is 0 Å². The smallest absolute Gasteiger partial charge is 0.0558 e. The molecule has 0 saturated carbocycles. The number of aliphatic hydroxyl groups excluding tert-OH is 2. The summed E-state index contributed by atoms with van der Waals surface area (Å²) in [6, 6.07) is 0.648. The summed E-state index contributed by atoms with van der Waals surface area (Å²) < 4.78 is 0. The molecule has 0 radical (unpaired) electrons. The maximum atomic E-state index is 8.24. The molecule has 0 aliphatic carbocycles. The van der Waals surface area contributed by atoms with Crippen LogP contribution in [0.15, 0.2) is 0 Å². The molecular weight excluding hydrogens is 156 g/mol. The second kappa shape index (κ2) is 5.48. The Hall–Kier alpha value is -0.160. The second-order valence-electron chi connectivity index (χ2n) is 3.18. The van der Waals surface area contributed by atoms with Gasteiger partial charge in [-0.05, 0) is 6.42 Å². The van der Waals surface area contributed by atoms with E-state index < -0.39 is 0 Å². The minimum absolute atomic E-state index is 0.319. The predicted octanol–water partition coefficient (Wildman–Crippen LogP) is -1.37. The summed E-state index contributed by atoms with van der Waals surface area (Å²) in [5.41, 5.74) is 0. The van der Waals surface area contributed by atoms with Gasteiger partial charge in [0.15, 0.2) is 0 Å². The molecule has 4 heteroatoms. The zero-order valence-corrected chi connectivity index (χ0v) is 7.37. The predicted molar refractivity (Wildman–Crippen MR) is 47.0 cm³/mol. The first-order valence-corrected chi connectivity index (χ1v) is 4.54. The van der Waals surface area contributed by atoms with E-state index in [-0.39, 0.29) is 0 Å². The lowest BCUT2D eigenvalue weighted by Crippen LogP contribution is -2.02. The molecule has 1 atom stereocenters. The van der Waals surface area contributed by atoms with Gasteiger partial charge < -0.3 is 15.5 Å². The van der Waals surface area contributed by atoms with Gasteiger partial charge in [-0.25, -0.2) is 0 Å². The molecule has 0 aromatic heterocycles.